The van der Waals surface area contributed by atoms with Gasteiger partial charge in [0.2, 0.25) is 0 Å². The molecule has 1 fully saturated rings. The van der Waals surface area contributed by atoms with Crippen LogP contribution in [0.1, 0.15) is 17.0 Å². The first-order valence-corrected chi connectivity index (χ1v) is 9.68. The maximum Gasteiger partial charge on any atom is 0.180 e. The topological polar surface area (TPSA) is 72.4 Å². The number of aryl methyl sites for hydroxylation is 2. The Balaban J connectivity index is 1.65. The van der Waals surface area contributed by atoms with E-state index in [1.54, 1.807) is 6.92 Å². The molecule has 1 saturated heterocycles. The van der Waals surface area contributed by atoms with E-state index < -0.39 is 9.84 Å². The molecule has 0 atom stereocenters. The number of nitrogens with zero attached hydrogens (tertiary/aromatic N) is 3. The van der Waals surface area contributed by atoms with Crippen molar-refractivity contribution in [2.24, 2.45) is 0 Å². The van der Waals surface area contributed by atoms with Crippen LogP contribution in [0.3, 0.4) is 0 Å². The zero-order valence-corrected chi connectivity index (χ0v) is 14.9. The van der Waals surface area contributed by atoms with Crippen molar-refractivity contribution < 1.29 is 13.2 Å². The Morgan fingerprint density at radius 3 is 2.62 bits per heavy atom. The van der Waals surface area contributed by atoms with E-state index in [1.807, 2.05) is 17.0 Å². The summed E-state index contributed by atoms with van der Waals surface area (Å²) in [4.78, 5) is 10.4. The molecule has 0 unspecified atom stereocenters. The number of aromatic nitrogens is 2. The summed E-state index contributed by atoms with van der Waals surface area (Å²) in [7, 11) is -3.36. The molecular weight excluding hydrogens is 326 g/mol. The largest absolute Gasteiger partial charge is 0.370 e. The van der Waals surface area contributed by atoms with Crippen LogP contribution in [0, 0.1) is 13.8 Å². The molecule has 3 rings (SSSR count). The molecule has 128 valence electrons. The van der Waals surface area contributed by atoms with Crippen LogP contribution < -0.4 is 4.90 Å². The summed E-state index contributed by atoms with van der Waals surface area (Å²) in [6, 6.07) is 8.13. The van der Waals surface area contributed by atoms with Gasteiger partial charge < -0.3 is 9.64 Å². The monoisotopic (exact) mass is 347 g/mol. The van der Waals surface area contributed by atoms with Gasteiger partial charge in [0.15, 0.2) is 15.7 Å². The Bertz CT molecular complexity index is 846. The van der Waals surface area contributed by atoms with Crippen LogP contribution in [0.5, 0.6) is 0 Å². The van der Waals surface area contributed by atoms with E-state index in [9.17, 15) is 8.42 Å². The first-order valence-electron chi connectivity index (χ1n) is 7.79. The highest BCUT2D eigenvalue weighted by Crippen LogP contribution is 2.27. The summed E-state index contributed by atoms with van der Waals surface area (Å²) in [5.74, 6) is 1.03. The fourth-order valence-corrected chi connectivity index (χ4v) is 3.38. The van der Waals surface area contributed by atoms with Crippen LogP contribution >= 0.6 is 0 Å². The molecular formula is C17H21N3O3S. The van der Waals surface area contributed by atoms with Crippen LogP contribution in [-0.4, -0.2) is 43.8 Å². The van der Waals surface area contributed by atoms with Crippen molar-refractivity contribution in [3.63, 3.8) is 0 Å². The molecule has 0 bridgehead atoms. The summed E-state index contributed by atoms with van der Waals surface area (Å²) in [5, 5.41) is 0. The Morgan fingerprint density at radius 2 is 1.96 bits per heavy atom. The minimum Gasteiger partial charge on any atom is -0.370 e. The van der Waals surface area contributed by atoms with Gasteiger partial charge in [-0.25, -0.2) is 18.4 Å². The van der Waals surface area contributed by atoms with Crippen molar-refractivity contribution in [1.82, 2.24) is 9.97 Å². The molecule has 1 aromatic carbocycles. The number of hydrogen-bond acceptors (Lipinski definition) is 6. The smallest absolute Gasteiger partial charge is 0.180 e. The van der Waals surface area contributed by atoms with Crippen molar-refractivity contribution >= 4 is 15.7 Å². The van der Waals surface area contributed by atoms with Crippen LogP contribution in [0.15, 0.2) is 35.4 Å². The predicted octanol–water partition coefficient (Wildman–Crippen LogP) is 1.90. The molecule has 1 aliphatic rings. The third-order valence-electron chi connectivity index (χ3n) is 4.14. The second-order valence-corrected chi connectivity index (χ2v) is 8.13. The SMILES string of the molecule is Cc1ncc(S(C)(=O)=O)c(N2CC(OCc3ccccc3C)C2)n1. The standard InChI is InChI=1S/C17H21N3O3S/c1-12-6-4-5-7-14(12)11-23-15-9-20(10-15)17-16(24(3,21)22)8-18-13(2)19-17/h4-8,15H,9-11H2,1-3H3. The van der Waals surface area contributed by atoms with Crippen molar-refractivity contribution in [2.45, 2.75) is 31.5 Å². The minimum absolute atomic E-state index is 0.0762. The lowest BCUT2D eigenvalue weighted by Crippen LogP contribution is -2.53. The van der Waals surface area contributed by atoms with Gasteiger partial charge in [0.05, 0.1) is 18.9 Å². The second kappa shape index (κ2) is 6.49. The van der Waals surface area contributed by atoms with Gasteiger partial charge in [-0.05, 0) is 25.0 Å². The van der Waals surface area contributed by atoms with Crippen LogP contribution in [0.4, 0.5) is 5.82 Å². The summed E-state index contributed by atoms with van der Waals surface area (Å²) >= 11 is 0. The molecule has 0 spiro atoms. The number of hydrogen-bond donors (Lipinski definition) is 0. The zero-order chi connectivity index (χ0) is 17.3. The van der Waals surface area contributed by atoms with E-state index in [-0.39, 0.29) is 11.0 Å². The molecule has 6 nitrogen and oxygen atoms in total. The summed E-state index contributed by atoms with van der Waals surface area (Å²) in [6.07, 6.45) is 2.64. The van der Waals surface area contributed by atoms with Gasteiger partial charge in [0.1, 0.15) is 10.7 Å². The highest BCUT2D eigenvalue weighted by molar-refractivity contribution is 7.90. The predicted molar refractivity (Wildman–Crippen MR) is 91.8 cm³/mol. The van der Waals surface area contributed by atoms with Gasteiger partial charge in [0, 0.05) is 19.3 Å². The average molecular weight is 347 g/mol. The maximum atomic E-state index is 11.9. The molecule has 0 N–H and O–H groups in total. The third-order valence-corrected chi connectivity index (χ3v) is 5.23. The first kappa shape index (κ1) is 16.9. The summed E-state index contributed by atoms with van der Waals surface area (Å²) in [5.41, 5.74) is 2.38. The Kier molecular flexibility index (Phi) is 4.56. The Hall–Kier alpha value is -1.99. The van der Waals surface area contributed by atoms with Crippen molar-refractivity contribution in [3.05, 3.63) is 47.4 Å². The molecule has 2 aromatic rings. The van der Waals surface area contributed by atoms with Gasteiger partial charge in [0.25, 0.3) is 0 Å². The number of benzene rings is 1. The van der Waals surface area contributed by atoms with E-state index in [0.717, 1.165) is 0 Å². The number of rotatable bonds is 5. The number of ether oxygens (including phenoxy) is 1. The summed E-state index contributed by atoms with van der Waals surface area (Å²) in [6.45, 7) is 5.64. The average Bonchev–Trinajstić information content (AvgIpc) is 2.46. The molecule has 0 amide bonds. The lowest BCUT2D eigenvalue weighted by Gasteiger charge is -2.40. The minimum atomic E-state index is -3.36. The molecule has 7 heteroatoms. The third kappa shape index (κ3) is 3.57. The molecule has 2 heterocycles. The van der Waals surface area contributed by atoms with Crippen LogP contribution in [0.2, 0.25) is 0 Å². The fourth-order valence-electron chi connectivity index (χ4n) is 2.63. The molecule has 0 radical (unpaired) electrons. The van der Waals surface area contributed by atoms with Crippen molar-refractivity contribution in [2.75, 3.05) is 24.2 Å². The van der Waals surface area contributed by atoms with Gasteiger partial charge in [-0.2, -0.15) is 0 Å². The van der Waals surface area contributed by atoms with Crippen molar-refractivity contribution in [1.29, 1.82) is 0 Å². The number of sulfone groups is 1. The van der Waals surface area contributed by atoms with Crippen LogP contribution in [-0.2, 0) is 21.2 Å². The lowest BCUT2D eigenvalue weighted by atomic mass is 10.1. The quantitative estimate of drug-likeness (QED) is 0.823. The normalized spacial score (nSPS) is 15.4. The first-order chi connectivity index (χ1) is 11.3. The van der Waals surface area contributed by atoms with Gasteiger partial charge in [-0.1, -0.05) is 24.3 Å². The lowest BCUT2D eigenvalue weighted by molar-refractivity contribution is 0.0216. The molecule has 24 heavy (non-hydrogen) atoms. The Labute approximate surface area is 142 Å². The fraction of sp³-hybridized carbons (Fsp3) is 0.412. The molecule has 1 aromatic heterocycles. The van der Waals surface area contributed by atoms with Crippen molar-refractivity contribution in [3.8, 4) is 0 Å². The van der Waals surface area contributed by atoms with Gasteiger partial charge in [-0.15, -0.1) is 0 Å². The van der Waals surface area contributed by atoms with Crippen LogP contribution in [0.25, 0.3) is 0 Å². The maximum absolute atomic E-state index is 11.9. The molecule has 1 aliphatic heterocycles. The molecule has 0 aliphatic carbocycles. The van der Waals surface area contributed by atoms with E-state index in [4.69, 9.17) is 4.74 Å². The highest BCUT2D eigenvalue weighted by atomic mass is 32.2. The second-order valence-electron chi connectivity index (χ2n) is 6.14. The van der Waals surface area contributed by atoms with E-state index in [1.165, 1.54) is 23.6 Å². The summed E-state index contributed by atoms with van der Waals surface area (Å²) < 4.78 is 29.7. The highest BCUT2D eigenvalue weighted by Gasteiger charge is 2.32. The van der Waals surface area contributed by atoms with E-state index in [2.05, 4.69) is 29.0 Å². The van der Waals surface area contributed by atoms with Gasteiger partial charge >= 0.3 is 0 Å². The molecule has 0 saturated carbocycles. The zero-order valence-electron chi connectivity index (χ0n) is 14.1. The van der Waals surface area contributed by atoms with Gasteiger partial charge in [-0.3, -0.25) is 0 Å². The number of anilines is 1. The van der Waals surface area contributed by atoms with E-state index in [0.29, 0.717) is 31.3 Å². The Morgan fingerprint density at radius 1 is 1.25 bits per heavy atom. The van der Waals surface area contributed by atoms with E-state index >= 15 is 0 Å².